The Hall–Kier alpha value is -1.44. The van der Waals surface area contributed by atoms with E-state index in [1.165, 1.54) is 4.90 Å². The van der Waals surface area contributed by atoms with Crippen LogP contribution in [-0.2, 0) is 9.53 Å². The van der Waals surface area contributed by atoms with Gasteiger partial charge in [0.25, 0.3) is 5.92 Å². The molecule has 0 radical (unpaired) electrons. The number of hydrogen-bond donors (Lipinski definition) is 1. The zero-order valence-electron chi connectivity index (χ0n) is 11.4. The van der Waals surface area contributed by atoms with Gasteiger partial charge in [-0.3, -0.25) is 9.69 Å². The van der Waals surface area contributed by atoms with E-state index in [0.717, 1.165) is 4.90 Å². The molecule has 0 unspecified atom stereocenters. The maximum atomic E-state index is 13.1. The van der Waals surface area contributed by atoms with E-state index < -0.39 is 29.7 Å². The number of ether oxygens (including phenoxy) is 1. The number of hydrogen-bond acceptors (Lipinski definition) is 3. The molecule has 2 saturated heterocycles. The van der Waals surface area contributed by atoms with Gasteiger partial charge in [0.1, 0.15) is 11.8 Å². The molecule has 6 nitrogen and oxygen atoms in total. The van der Waals surface area contributed by atoms with Gasteiger partial charge in [-0.1, -0.05) is 0 Å². The predicted molar refractivity (Wildman–Crippen MR) is 64.4 cm³/mol. The summed E-state index contributed by atoms with van der Waals surface area (Å²) in [5, 5.41) is 9.20. The van der Waals surface area contributed by atoms with Gasteiger partial charge >= 0.3 is 6.09 Å². The fourth-order valence-corrected chi connectivity index (χ4v) is 2.61. The Morgan fingerprint density at radius 2 is 1.80 bits per heavy atom. The maximum Gasteiger partial charge on any atom is 0.410 e. The molecule has 8 heteroatoms. The third-order valence-corrected chi connectivity index (χ3v) is 3.78. The van der Waals surface area contributed by atoms with Gasteiger partial charge in [-0.25, -0.2) is 13.6 Å². The highest BCUT2D eigenvalue weighted by molar-refractivity contribution is 5.86. The van der Waals surface area contributed by atoms with Crippen LogP contribution in [0.3, 0.4) is 0 Å². The minimum Gasteiger partial charge on any atom is -0.465 e. The van der Waals surface area contributed by atoms with E-state index in [9.17, 15) is 23.5 Å². The molecule has 0 spiro atoms. The molecule has 114 valence electrons. The van der Waals surface area contributed by atoms with Crippen molar-refractivity contribution >= 4 is 12.0 Å². The third-order valence-electron chi connectivity index (χ3n) is 3.78. The average Bonchev–Trinajstić information content (AvgIpc) is 2.64. The number of likely N-dealkylation sites (tertiary alicyclic amines) is 1. The van der Waals surface area contributed by atoms with Crippen LogP contribution in [0.15, 0.2) is 0 Å². The number of rotatable bonds is 1. The number of carboxylic acid groups (broad SMARTS) is 1. The number of carbonyl (C=O) groups is 2. The lowest BCUT2D eigenvalue weighted by Crippen LogP contribution is -2.55. The molecule has 0 bridgehead atoms. The van der Waals surface area contributed by atoms with Gasteiger partial charge in [0, 0.05) is 25.9 Å². The quantitative estimate of drug-likeness (QED) is 0.792. The van der Waals surface area contributed by atoms with Gasteiger partial charge < -0.3 is 14.7 Å². The molecule has 0 aliphatic carbocycles. The number of nitrogens with zero attached hydrogens (tertiary/aromatic N) is 2. The summed E-state index contributed by atoms with van der Waals surface area (Å²) in [6.07, 6.45) is -2.03. The first-order valence-corrected chi connectivity index (χ1v) is 6.47. The van der Waals surface area contributed by atoms with Crippen molar-refractivity contribution in [2.45, 2.75) is 44.4 Å². The number of piperidine rings is 1. The number of amides is 2. The molecule has 0 saturated carbocycles. The van der Waals surface area contributed by atoms with Gasteiger partial charge in [0.05, 0.1) is 6.61 Å². The highest BCUT2D eigenvalue weighted by atomic mass is 19.3. The van der Waals surface area contributed by atoms with Crippen molar-refractivity contribution in [1.29, 1.82) is 0 Å². The van der Waals surface area contributed by atoms with Crippen LogP contribution in [0, 0.1) is 0 Å². The first-order chi connectivity index (χ1) is 9.14. The normalized spacial score (nSPS) is 28.5. The van der Waals surface area contributed by atoms with E-state index in [1.807, 2.05) is 0 Å². The minimum atomic E-state index is -2.74. The van der Waals surface area contributed by atoms with Gasteiger partial charge in [0.15, 0.2) is 0 Å². The first-order valence-electron chi connectivity index (χ1n) is 6.47. The van der Waals surface area contributed by atoms with E-state index in [0.29, 0.717) is 0 Å². The summed E-state index contributed by atoms with van der Waals surface area (Å²) in [4.78, 5) is 25.8. The largest absolute Gasteiger partial charge is 0.465 e. The SMILES string of the molecule is CC1(C)OC[C@@H](C(=O)N2CCC(F)(F)CC2)N1C(=O)O. The molecule has 2 aliphatic rings. The van der Waals surface area contributed by atoms with E-state index in [1.54, 1.807) is 13.8 Å². The zero-order valence-corrected chi connectivity index (χ0v) is 11.4. The lowest BCUT2D eigenvalue weighted by molar-refractivity contribution is -0.142. The van der Waals surface area contributed by atoms with Gasteiger partial charge in [-0.05, 0) is 13.8 Å². The smallest absolute Gasteiger partial charge is 0.410 e. The fraction of sp³-hybridized carbons (Fsp3) is 0.833. The molecule has 2 rings (SSSR count). The highest BCUT2D eigenvalue weighted by Crippen LogP contribution is 2.31. The summed E-state index contributed by atoms with van der Waals surface area (Å²) >= 11 is 0. The Balaban J connectivity index is 2.08. The molecular weight excluding hydrogens is 274 g/mol. The Morgan fingerprint density at radius 1 is 1.25 bits per heavy atom. The zero-order chi connectivity index (χ0) is 15.1. The molecule has 2 aliphatic heterocycles. The molecule has 2 amide bonds. The Bertz CT molecular complexity index is 418. The summed E-state index contributed by atoms with van der Waals surface area (Å²) in [7, 11) is 0. The second-order valence-electron chi connectivity index (χ2n) is 5.61. The van der Waals surface area contributed by atoms with E-state index in [4.69, 9.17) is 4.74 Å². The van der Waals surface area contributed by atoms with E-state index in [2.05, 4.69) is 0 Å². The van der Waals surface area contributed by atoms with Crippen LogP contribution in [-0.4, -0.2) is 64.3 Å². The molecule has 0 aromatic rings. The average molecular weight is 292 g/mol. The summed E-state index contributed by atoms with van der Waals surface area (Å²) in [6.45, 7) is 2.94. The molecule has 1 N–H and O–H groups in total. The lowest BCUT2D eigenvalue weighted by atomic mass is 10.1. The molecule has 2 heterocycles. The Kier molecular flexibility index (Phi) is 3.62. The van der Waals surface area contributed by atoms with Gasteiger partial charge in [-0.2, -0.15) is 0 Å². The van der Waals surface area contributed by atoms with Crippen LogP contribution in [0.1, 0.15) is 26.7 Å². The van der Waals surface area contributed by atoms with Crippen molar-refractivity contribution in [3.05, 3.63) is 0 Å². The highest BCUT2D eigenvalue weighted by Gasteiger charge is 2.49. The van der Waals surface area contributed by atoms with E-state index in [-0.39, 0.29) is 32.5 Å². The Morgan fingerprint density at radius 3 is 2.30 bits per heavy atom. The summed E-state index contributed by atoms with van der Waals surface area (Å²) in [5.74, 6) is -3.21. The van der Waals surface area contributed by atoms with Crippen molar-refractivity contribution in [1.82, 2.24) is 9.80 Å². The van der Waals surface area contributed by atoms with Gasteiger partial charge in [-0.15, -0.1) is 0 Å². The number of carbonyl (C=O) groups excluding carboxylic acids is 1. The maximum absolute atomic E-state index is 13.1. The van der Waals surface area contributed by atoms with Crippen molar-refractivity contribution < 1.29 is 28.2 Å². The molecule has 1 atom stereocenters. The van der Waals surface area contributed by atoms with Crippen molar-refractivity contribution in [2.75, 3.05) is 19.7 Å². The van der Waals surface area contributed by atoms with Gasteiger partial charge in [0.2, 0.25) is 5.91 Å². The monoisotopic (exact) mass is 292 g/mol. The molecule has 20 heavy (non-hydrogen) atoms. The molecule has 0 aromatic heterocycles. The number of alkyl halides is 2. The second kappa shape index (κ2) is 4.83. The topological polar surface area (TPSA) is 70.1 Å². The van der Waals surface area contributed by atoms with Crippen molar-refractivity contribution in [3.63, 3.8) is 0 Å². The van der Waals surface area contributed by atoms with Crippen LogP contribution in [0.2, 0.25) is 0 Å². The predicted octanol–water partition coefficient (Wildman–Crippen LogP) is 1.36. The van der Waals surface area contributed by atoms with Crippen molar-refractivity contribution in [3.8, 4) is 0 Å². The van der Waals surface area contributed by atoms with Crippen LogP contribution in [0.25, 0.3) is 0 Å². The number of halogens is 2. The van der Waals surface area contributed by atoms with Crippen molar-refractivity contribution in [2.24, 2.45) is 0 Å². The molecule has 0 aromatic carbocycles. The summed E-state index contributed by atoms with van der Waals surface area (Å²) < 4.78 is 31.5. The second-order valence-corrected chi connectivity index (χ2v) is 5.61. The van der Waals surface area contributed by atoms with Crippen LogP contribution < -0.4 is 0 Å². The standard InChI is InChI=1S/C12H18F2N2O4/c1-11(2)16(10(18)19)8(7-20-11)9(17)15-5-3-12(13,14)4-6-15/h8H,3-7H2,1-2H3,(H,18,19)/t8-/m0/s1. The third kappa shape index (κ3) is 2.70. The molecular formula is C12H18F2N2O4. The lowest BCUT2D eigenvalue weighted by Gasteiger charge is -2.36. The molecule has 2 fully saturated rings. The van der Waals surface area contributed by atoms with Crippen LogP contribution in [0.4, 0.5) is 13.6 Å². The summed E-state index contributed by atoms with van der Waals surface area (Å²) in [5.41, 5.74) is -1.09. The Labute approximate surface area is 115 Å². The van der Waals surface area contributed by atoms with E-state index >= 15 is 0 Å². The van der Waals surface area contributed by atoms with Crippen LogP contribution in [0.5, 0.6) is 0 Å². The van der Waals surface area contributed by atoms with Crippen LogP contribution >= 0.6 is 0 Å². The minimum absolute atomic E-state index is 0.0506. The fourth-order valence-electron chi connectivity index (χ4n) is 2.61. The first kappa shape index (κ1) is 15.0. The summed E-state index contributed by atoms with van der Waals surface area (Å²) in [6, 6.07) is -0.964.